The second-order valence-electron chi connectivity index (χ2n) is 8.93. The topological polar surface area (TPSA) is 70.4 Å². The van der Waals surface area contributed by atoms with Crippen molar-refractivity contribution in [2.24, 2.45) is 0 Å². The third-order valence-electron chi connectivity index (χ3n) is 6.59. The van der Waals surface area contributed by atoms with Gasteiger partial charge in [-0.3, -0.25) is 9.78 Å². The predicted octanol–water partition coefficient (Wildman–Crippen LogP) is 7.21. The number of nitrogens with zero attached hydrogens (tertiary/aromatic N) is 2. The second kappa shape index (κ2) is 11.6. The van der Waals surface area contributed by atoms with Gasteiger partial charge in [-0.2, -0.15) is 0 Å². The fourth-order valence-corrected chi connectivity index (χ4v) is 5.42. The van der Waals surface area contributed by atoms with Crippen LogP contribution in [-0.2, 0) is 11.2 Å². The average molecular weight is 566 g/mol. The summed E-state index contributed by atoms with van der Waals surface area (Å²) in [6.45, 7) is 2.46. The SMILES string of the molecule is CCc1ccccc1NC(=O)CCN1C(=S)N[C@H](c2ccccn2)[C@H]1c1ccc(-c2cccc(Cl)c2Cl)o1. The highest BCUT2D eigenvalue weighted by Gasteiger charge is 2.41. The molecule has 1 aliphatic heterocycles. The van der Waals surface area contributed by atoms with E-state index in [4.69, 9.17) is 39.8 Å². The van der Waals surface area contributed by atoms with Crippen LogP contribution >= 0.6 is 35.4 Å². The van der Waals surface area contributed by atoms with Crippen molar-refractivity contribution in [1.29, 1.82) is 0 Å². The lowest BCUT2D eigenvalue weighted by atomic mass is 10.0. The number of para-hydroxylation sites is 1. The van der Waals surface area contributed by atoms with Crippen molar-refractivity contribution in [3.05, 3.63) is 106 Å². The van der Waals surface area contributed by atoms with Crippen LogP contribution in [0.3, 0.4) is 0 Å². The van der Waals surface area contributed by atoms with E-state index in [9.17, 15) is 4.79 Å². The number of hydrogen-bond donors (Lipinski definition) is 2. The van der Waals surface area contributed by atoms with Gasteiger partial charge in [0.1, 0.15) is 17.6 Å². The number of furan rings is 1. The van der Waals surface area contributed by atoms with Crippen LogP contribution in [0.5, 0.6) is 0 Å². The number of benzene rings is 2. The van der Waals surface area contributed by atoms with Gasteiger partial charge in [0, 0.05) is 30.4 Å². The Balaban J connectivity index is 1.41. The number of thiocarbonyl (C=S) groups is 1. The number of rotatable bonds is 8. The summed E-state index contributed by atoms with van der Waals surface area (Å²) in [7, 11) is 0. The first-order valence-corrected chi connectivity index (χ1v) is 13.5. The summed E-state index contributed by atoms with van der Waals surface area (Å²) in [5.41, 5.74) is 3.45. The number of pyridine rings is 1. The van der Waals surface area contributed by atoms with Gasteiger partial charge in [0.15, 0.2) is 5.11 Å². The van der Waals surface area contributed by atoms with Gasteiger partial charge in [-0.15, -0.1) is 0 Å². The number of aromatic nitrogens is 1. The Kier molecular flexibility index (Phi) is 7.98. The molecule has 1 fully saturated rings. The molecular weight excluding hydrogens is 539 g/mol. The van der Waals surface area contributed by atoms with Crippen molar-refractivity contribution in [3.8, 4) is 11.3 Å². The van der Waals surface area contributed by atoms with E-state index in [0.717, 1.165) is 23.4 Å². The Morgan fingerprint density at radius 2 is 1.89 bits per heavy atom. The summed E-state index contributed by atoms with van der Waals surface area (Å²) in [6, 6.07) is 22.2. The minimum absolute atomic E-state index is 0.0837. The molecule has 5 rings (SSSR count). The van der Waals surface area contributed by atoms with Gasteiger partial charge in [0.2, 0.25) is 5.91 Å². The summed E-state index contributed by atoms with van der Waals surface area (Å²) < 4.78 is 6.34. The number of halogens is 2. The molecule has 1 amide bonds. The molecule has 3 heterocycles. The molecule has 194 valence electrons. The Morgan fingerprint density at radius 1 is 1.08 bits per heavy atom. The highest BCUT2D eigenvalue weighted by Crippen LogP contribution is 2.42. The van der Waals surface area contributed by atoms with Crippen molar-refractivity contribution < 1.29 is 9.21 Å². The van der Waals surface area contributed by atoms with Crippen molar-refractivity contribution >= 4 is 52.1 Å². The second-order valence-corrected chi connectivity index (χ2v) is 10.1. The highest BCUT2D eigenvalue weighted by molar-refractivity contribution is 7.80. The summed E-state index contributed by atoms with van der Waals surface area (Å²) in [4.78, 5) is 19.5. The van der Waals surface area contributed by atoms with E-state index in [-0.39, 0.29) is 24.4 Å². The molecule has 1 aliphatic rings. The first kappa shape index (κ1) is 26.2. The smallest absolute Gasteiger partial charge is 0.226 e. The molecule has 4 aromatic rings. The van der Waals surface area contributed by atoms with Crippen molar-refractivity contribution in [3.63, 3.8) is 0 Å². The zero-order valence-electron chi connectivity index (χ0n) is 20.7. The lowest BCUT2D eigenvalue weighted by Gasteiger charge is -2.26. The van der Waals surface area contributed by atoms with Crippen LogP contribution in [0.25, 0.3) is 11.3 Å². The average Bonchev–Trinajstić information content (AvgIpc) is 3.54. The molecule has 2 atom stereocenters. The van der Waals surface area contributed by atoms with Gasteiger partial charge in [-0.05, 0) is 66.7 Å². The summed E-state index contributed by atoms with van der Waals surface area (Å²) >= 11 is 18.4. The molecule has 2 aromatic heterocycles. The van der Waals surface area contributed by atoms with E-state index in [0.29, 0.717) is 38.8 Å². The summed E-state index contributed by atoms with van der Waals surface area (Å²) in [5.74, 6) is 1.19. The van der Waals surface area contributed by atoms with Gasteiger partial charge in [-0.25, -0.2) is 0 Å². The van der Waals surface area contributed by atoms with Gasteiger partial charge < -0.3 is 20.0 Å². The number of nitrogens with one attached hydrogen (secondary N) is 2. The minimum Gasteiger partial charge on any atom is -0.459 e. The molecule has 0 spiro atoms. The number of amides is 1. The first-order valence-electron chi connectivity index (χ1n) is 12.4. The summed E-state index contributed by atoms with van der Waals surface area (Å²) in [6.07, 6.45) is 2.83. The molecule has 0 aliphatic carbocycles. The maximum Gasteiger partial charge on any atom is 0.226 e. The monoisotopic (exact) mass is 564 g/mol. The lowest BCUT2D eigenvalue weighted by molar-refractivity contribution is -0.116. The fourth-order valence-electron chi connectivity index (χ4n) is 4.69. The molecule has 6 nitrogen and oxygen atoms in total. The van der Waals surface area contributed by atoms with Gasteiger partial charge in [0.05, 0.1) is 21.8 Å². The lowest BCUT2D eigenvalue weighted by Crippen LogP contribution is -2.32. The van der Waals surface area contributed by atoms with Gasteiger partial charge in [0.25, 0.3) is 0 Å². The molecule has 0 unspecified atom stereocenters. The molecule has 0 radical (unpaired) electrons. The maximum absolute atomic E-state index is 12.9. The molecule has 0 saturated carbocycles. The standard InChI is InChI=1S/C29H26Cl2N4O2S/c1-2-18-8-3-4-11-21(18)33-25(36)15-17-35-28(27(34-29(35)38)22-12-5-6-16-32-22)24-14-13-23(37-24)19-9-7-10-20(30)26(19)31/h3-14,16,27-28H,2,15,17H2,1H3,(H,33,36)(H,34,38)/t27-,28-/m1/s1. The fraction of sp³-hybridized carbons (Fsp3) is 0.207. The van der Waals surface area contributed by atoms with Crippen LogP contribution in [-0.4, -0.2) is 27.4 Å². The van der Waals surface area contributed by atoms with Gasteiger partial charge in [-0.1, -0.05) is 60.5 Å². The van der Waals surface area contributed by atoms with E-state index in [1.807, 2.05) is 71.6 Å². The van der Waals surface area contributed by atoms with Crippen LogP contribution in [0.2, 0.25) is 10.0 Å². The van der Waals surface area contributed by atoms with E-state index in [2.05, 4.69) is 22.5 Å². The normalized spacial score (nSPS) is 16.9. The third kappa shape index (κ3) is 5.41. The number of carbonyl (C=O) groups excluding carboxylic acids is 1. The number of carbonyl (C=O) groups is 1. The third-order valence-corrected chi connectivity index (χ3v) is 7.76. The Bertz CT molecular complexity index is 1460. The number of aryl methyl sites for hydroxylation is 1. The summed E-state index contributed by atoms with van der Waals surface area (Å²) in [5, 5.41) is 7.84. The molecular formula is C29H26Cl2N4O2S. The molecule has 9 heteroatoms. The molecule has 2 aromatic carbocycles. The zero-order valence-corrected chi connectivity index (χ0v) is 23.0. The van der Waals surface area contributed by atoms with Crippen LogP contribution in [0.4, 0.5) is 5.69 Å². The molecule has 0 bridgehead atoms. The maximum atomic E-state index is 12.9. The largest absolute Gasteiger partial charge is 0.459 e. The van der Waals surface area contributed by atoms with E-state index < -0.39 is 0 Å². The molecule has 38 heavy (non-hydrogen) atoms. The van der Waals surface area contributed by atoms with Crippen LogP contribution < -0.4 is 10.6 Å². The van der Waals surface area contributed by atoms with E-state index in [1.165, 1.54) is 0 Å². The Morgan fingerprint density at radius 3 is 2.68 bits per heavy atom. The van der Waals surface area contributed by atoms with Crippen LogP contribution in [0.15, 0.2) is 83.4 Å². The zero-order chi connectivity index (χ0) is 26.6. The van der Waals surface area contributed by atoms with Crippen molar-refractivity contribution in [1.82, 2.24) is 15.2 Å². The van der Waals surface area contributed by atoms with Crippen molar-refractivity contribution in [2.45, 2.75) is 31.8 Å². The van der Waals surface area contributed by atoms with Crippen LogP contribution in [0.1, 0.15) is 42.4 Å². The van der Waals surface area contributed by atoms with Crippen LogP contribution in [0, 0.1) is 0 Å². The molecule has 2 N–H and O–H groups in total. The van der Waals surface area contributed by atoms with Gasteiger partial charge >= 0.3 is 0 Å². The quantitative estimate of drug-likeness (QED) is 0.220. The van der Waals surface area contributed by atoms with E-state index >= 15 is 0 Å². The predicted molar refractivity (Wildman–Crippen MR) is 155 cm³/mol. The highest BCUT2D eigenvalue weighted by atomic mass is 35.5. The Hall–Kier alpha value is -3.39. The first-order chi connectivity index (χ1) is 18.5. The van der Waals surface area contributed by atoms with E-state index in [1.54, 1.807) is 12.3 Å². The minimum atomic E-state index is -0.320. The van der Waals surface area contributed by atoms with Crippen molar-refractivity contribution in [2.75, 3.05) is 11.9 Å². The number of anilines is 1. The molecule has 1 saturated heterocycles. The Labute approximate surface area is 237 Å². The number of hydrogen-bond acceptors (Lipinski definition) is 4.